The van der Waals surface area contributed by atoms with E-state index in [9.17, 15) is 0 Å². The number of hydrogen-bond acceptors (Lipinski definition) is 2. The van der Waals surface area contributed by atoms with Gasteiger partial charge >= 0.3 is 0 Å². The van der Waals surface area contributed by atoms with Crippen molar-refractivity contribution in [1.29, 1.82) is 0 Å². The summed E-state index contributed by atoms with van der Waals surface area (Å²) in [6, 6.07) is 28.8. The van der Waals surface area contributed by atoms with Crippen molar-refractivity contribution in [2.24, 2.45) is 0 Å². The Morgan fingerprint density at radius 2 is 1.03 bits per heavy atom. The highest BCUT2D eigenvalue weighted by atomic mass is 15.3. The third kappa shape index (κ3) is 5.31. The molecule has 198 valence electrons. The Kier molecular flexibility index (Phi) is 7.27. The van der Waals surface area contributed by atoms with Crippen LogP contribution in [0.4, 0.5) is 0 Å². The van der Waals surface area contributed by atoms with Crippen LogP contribution < -0.4 is 0 Å². The van der Waals surface area contributed by atoms with Gasteiger partial charge in [-0.1, -0.05) is 98.5 Å². The third-order valence-corrected chi connectivity index (χ3v) is 7.44. The first-order chi connectivity index (χ1) is 18.6. The van der Waals surface area contributed by atoms with Gasteiger partial charge in [-0.25, -0.2) is 0 Å². The molecule has 5 rings (SSSR count). The molecular formula is C36H39N3. The topological polar surface area (TPSA) is 30.7 Å². The van der Waals surface area contributed by atoms with Gasteiger partial charge in [-0.15, -0.1) is 10.2 Å². The van der Waals surface area contributed by atoms with Crippen LogP contribution in [0.25, 0.3) is 39.6 Å². The van der Waals surface area contributed by atoms with Crippen molar-refractivity contribution >= 4 is 0 Å². The number of benzene rings is 4. The third-order valence-electron chi connectivity index (χ3n) is 7.44. The highest BCUT2D eigenvalue weighted by molar-refractivity contribution is 5.74. The van der Waals surface area contributed by atoms with E-state index in [1.165, 1.54) is 50.2 Å². The Bertz CT molecular complexity index is 1590. The van der Waals surface area contributed by atoms with Crippen LogP contribution in [0.15, 0.2) is 78.9 Å². The molecule has 5 aromatic rings. The van der Waals surface area contributed by atoms with E-state index in [4.69, 9.17) is 10.2 Å². The zero-order chi connectivity index (χ0) is 27.8. The molecule has 0 aliphatic carbocycles. The standard InChI is InChI=1S/C36H39N3/c1-22(2)32-20-30(28-14-12-24(5)13-15-28)21-33(23(3)4)34(32)39-35(29-11-9-10-25(6)17-29)37-38-36(39)31-18-26(7)16-27(8)19-31/h9-23H,1-8H3. The Morgan fingerprint density at radius 3 is 1.56 bits per heavy atom. The normalized spacial score (nSPS) is 11.5. The average molecular weight is 514 g/mol. The van der Waals surface area contributed by atoms with Crippen LogP contribution in [-0.2, 0) is 0 Å². The maximum absolute atomic E-state index is 4.86. The van der Waals surface area contributed by atoms with Gasteiger partial charge in [0.2, 0.25) is 0 Å². The first-order valence-corrected chi connectivity index (χ1v) is 14.0. The first kappa shape index (κ1) is 26.6. The van der Waals surface area contributed by atoms with Crippen molar-refractivity contribution in [2.75, 3.05) is 0 Å². The number of rotatable bonds is 6. The molecule has 0 N–H and O–H groups in total. The summed E-state index contributed by atoms with van der Waals surface area (Å²) < 4.78 is 2.33. The van der Waals surface area contributed by atoms with Gasteiger partial charge in [0.15, 0.2) is 11.6 Å². The molecule has 0 saturated heterocycles. The quantitative estimate of drug-likeness (QED) is 0.226. The van der Waals surface area contributed by atoms with Crippen molar-refractivity contribution in [2.45, 2.75) is 67.2 Å². The second-order valence-corrected chi connectivity index (χ2v) is 11.6. The molecule has 0 fully saturated rings. The van der Waals surface area contributed by atoms with E-state index >= 15 is 0 Å². The van der Waals surface area contributed by atoms with E-state index < -0.39 is 0 Å². The number of nitrogens with zero attached hydrogens (tertiary/aromatic N) is 3. The highest BCUT2D eigenvalue weighted by Gasteiger charge is 2.25. The zero-order valence-electron chi connectivity index (χ0n) is 24.5. The van der Waals surface area contributed by atoms with Crippen LogP contribution in [0, 0.1) is 27.7 Å². The molecular weight excluding hydrogens is 474 g/mol. The minimum Gasteiger partial charge on any atom is -0.274 e. The lowest BCUT2D eigenvalue weighted by Crippen LogP contribution is -2.11. The molecule has 0 unspecified atom stereocenters. The molecule has 39 heavy (non-hydrogen) atoms. The number of aromatic nitrogens is 3. The van der Waals surface area contributed by atoms with E-state index in [0.717, 1.165) is 22.8 Å². The van der Waals surface area contributed by atoms with Crippen LogP contribution in [0.1, 0.15) is 72.9 Å². The summed E-state index contributed by atoms with van der Waals surface area (Å²) >= 11 is 0. The lowest BCUT2D eigenvalue weighted by Gasteiger charge is -2.25. The minimum atomic E-state index is 0.308. The van der Waals surface area contributed by atoms with Crippen LogP contribution in [-0.4, -0.2) is 14.8 Å². The van der Waals surface area contributed by atoms with E-state index in [1.54, 1.807) is 0 Å². The lowest BCUT2D eigenvalue weighted by atomic mass is 9.87. The van der Waals surface area contributed by atoms with Gasteiger partial charge in [0.25, 0.3) is 0 Å². The van der Waals surface area contributed by atoms with Gasteiger partial charge in [0.1, 0.15) is 0 Å². The van der Waals surface area contributed by atoms with Crippen molar-refractivity contribution in [1.82, 2.24) is 14.8 Å². The van der Waals surface area contributed by atoms with E-state index in [1.807, 2.05) is 0 Å². The molecule has 3 heteroatoms. The molecule has 0 saturated carbocycles. The largest absolute Gasteiger partial charge is 0.274 e. The number of hydrogen-bond donors (Lipinski definition) is 0. The maximum atomic E-state index is 4.86. The van der Waals surface area contributed by atoms with Gasteiger partial charge < -0.3 is 0 Å². The Balaban J connectivity index is 1.88. The Labute approximate surface area is 233 Å². The smallest absolute Gasteiger partial charge is 0.168 e. The molecule has 0 aliphatic rings. The molecule has 0 aliphatic heterocycles. The van der Waals surface area contributed by atoms with Crippen LogP contribution >= 0.6 is 0 Å². The van der Waals surface area contributed by atoms with E-state index in [0.29, 0.717) is 11.8 Å². The van der Waals surface area contributed by atoms with Crippen LogP contribution in [0.2, 0.25) is 0 Å². The monoisotopic (exact) mass is 513 g/mol. The molecule has 1 heterocycles. The van der Waals surface area contributed by atoms with Gasteiger partial charge in [-0.3, -0.25) is 4.57 Å². The predicted octanol–water partition coefficient (Wildman–Crippen LogP) is 9.75. The summed E-state index contributed by atoms with van der Waals surface area (Å²) in [6.07, 6.45) is 0. The van der Waals surface area contributed by atoms with Crippen LogP contribution in [0.5, 0.6) is 0 Å². The molecule has 0 radical (unpaired) electrons. The van der Waals surface area contributed by atoms with E-state index in [-0.39, 0.29) is 0 Å². The fourth-order valence-electron chi connectivity index (χ4n) is 5.49. The predicted molar refractivity (Wildman–Crippen MR) is 165 cm³/mol. The summed E-state index contributed by atoms with van der Waals surface area (Å²) in [5.74, 6) is 2.37. The summed E-state index contributed by atoms with van der Waals surface area (Å²) in [4.78, 5) is 0. The van der Waals surface area contributed by atoms with Crippen molar-refractivity contribution in [3.05, 3.63) is 112 Å². The molecule has 1 aromatic heterocycles. The average Bonchev–Trinajstić information content (AvgIpc) is 3.32. The molecule has 0 atom stereocenters. The highest BCUT2D eigenvalue weighted by Crippen LogP contribution is 2.40. The van der Waals surface area contributed by atoms with Crippen molar-refractivity contribution in [3.63, 3.8) is 0 Å². The molecule has 4 aromatic carbocycles. The van der Waals surface area contributed by atoms with Gasteiger partial charge in [0, 0.05) is 11.1 Å². The molecule has 3 nitrogen and oxygen atoms in total. The second kappa shape index (κ2) is 10.6. The summed E-state index contributed by atoms with van der Waals surface area (Å²) in [5, 5.41) is 9.70. The van der Waals surface area contributed by atoms with Crippen molar-refractivity contribution < 1.29 is 0 Å². The Morgan fingerprint density at radius 1 is 0.487 bits per heavy atom. The maximum Gasteiger partial charge on any atom is 0.168 e. The summed E-state index contributed by atoms with van der Waals surface area (Å²) in [5.41, 5.74) is 13.4. The fourth-order valence-corrected chi connectivity index (χ4v) is 5.49. The van der Waals surface area contributed by atoms with E-state index in [2.05, 4.69) is 139 Å². The fraction of sp³-hybridized carbons (Fsp3) is 0.278. The summed E-state index contributed by atoms with van der Waals surface area (Å²) in [6.45, 7) is 17.7. The van der Waals surface area contributed by atoms with Gasteiger partial charge in [-0.2, -0.15) is 0 Å². The second-order valence-electron chi connectivity index (χ2n) is 11.6. The molecule has 0 bridgehead atoms. The Hall–Kier alpha value is -3.98. The lowest BCUT2D eigenvalue weighted by molar-refractivity contribution is 0.808. The van der Waals surface area contributed by atoms with Gasteiger partial charge in [0.05, 0.1) is 5.69 Å². The SMILES string of the molecule is Cc1ccc(-c2cc(C(C)C)c(-n3c(-c4cccc(C)c4)nnc3-c3cc(C)cc(C)c3)c(C(C)C)c2)cc1. The summed E-state index contributed by atoms with van der Waals surface area (Å²) in [7, 11) is 0. The van der Waals surface area contributed by atoms with Crippen LogP contribution in [0.3, 0.4) is 0 Å². The zero-order valence-corrected chi connectivity index (χ0v) is 24.5. The molecule has 0 amide bonds. The first-order valence-electron chi connectivity index (χ1n) is 14.0. The van der Waals surface area contributed by atoms with Crippen molar-refractivity contribution in [3.8, 4) is 39.6 Å². The number of aryl methyl sites for hydroxylation is 4. The minimum absolute atomic E-state index is 0.308. The molecule has 0 spiro atoms. The van der Waals surface area contributed by atoms with Gasteiger partial charge in [-0.05, 0) is 92.1 Å².